The molecule has 0 aliphatic heterocycles. The maximum Gasteiger partial charge on any atom is 0.331 e. The Hall–Kier alpha value is -4.25. The van der Waals surface area contributed by atoms with E-state index in [-0.39, 0.29) is 22.3 Å². The van der Waals surface area contributed by atoms with E-state index in [0.29, 0.717) is 16.9 Å². The highest BCUT2D eigenvalue weighted by Crippen LogP contribution is 2.29. The number of nitrogens with zero attached hydrogens (tertiary/aromatic N) is 3. The molecule has 1 heterocycles. The fraction of sp³-hybridized carbons (Fsp3) is 0.136. The molecule has 34 heavy (non-hydrogen) atoms. The molecule has 3 aromatic rings. The van der Waals surface area contributed by atoms with Crippen LogP contribution in [0.25, 0.3) is 11.8 Å². The van der Waals surface area contributed by atoms with Crippen molar-refractivity contribution in [3.63, 3.8) is 0 Å². The van der Waals surface area contributed by atoms with Crippen LogP contribution in [0.15, 0.2) is 48.5 Å². The van der Waals surface area contributed by atoms with Crippen molar-refractivity contribution in [2.24, 2.45) is 0 Å². The summed E-state index contributed by atoms with van der Waals surface area (Å²) in [4.78, 5) is 34.4. The van der Waals surface area contributed by atoms with Gasteiger partial charge in [0.1, 0.15) is 16.7 Å². The van der Waals surface area contributed by atoms with Gasteiger partial charge in [0, 0.05) is 17.7 Å². The normalized spacial score (nSPS) is 10.8. The molecule has 0 saturated carbocycles. The molecule has 0 saturated heterocycles. The van der Waals surface area contributed by atoms with Crippen LogP contribution >= 0.6 is 11.6 Å². The number of hydrogen-bond donors (Lipinski definition) is 1. The quantitative estimate of drug-likeness (QED) is 0.219. The number of rotatable bonds is 8. The lowest BCUT2D eigenvalue weighted by Gasteiger charge is -2.09. The Kier molecular flexibility index (Phi) is 7.59. The summed E-state index contributed by atoms with van der Waals surface area (Å²) in [6, 6.07) is 9.22. The van der Waals surface area contributed by atoms with E-state index in [1.54, 1.807) is 6.92 Å². The van der Waals surface area contributed by atoms with Gasteiger partial charge in [-0.05, 0) is 43.3 Å². The number of aromatic nitrogens is 2. The largest absolute Gasteiger partial charge is 0.494 e. The first-order chi connectivity index (χ1) is 16.2. The van der Waals surface area contributed by atoms with Gasteiger partial charge in [-0.15, -0.1) is 0 Å². The summed E-state index contributed by atoms with van der Waals surface area (Å²) < 4.78 is 24.5. The molecule has 176 valence electrons. The van der Waals surface area contributed by atoms with Crippen LogP contribution in [0, 0.1) is 22.9 Å². The number of nitrogens with one attached hydrogen (secondary N) is 1. The molecule has 0 spiro atoms. The van der Waals surface area contributed by atoms with Crippen molar-refractivity contribution in [3.8, 4) is 11.4 Å². The fourth-order valence-corrected chi connectivity index (χ4v) is 3.21. The van der Waals surface area contributed by atoms with E-state index >= 15 is 0 Å². The number of ether oxygens (including phenoxy) is 2. The van der Waals surface area contributed by atoms with Gasteiger partial charge in [0.25, 0.3) is 11.6 Å². The molecule has 0 unspecified atom stereocenters. The third kappa shape index (κ3) is 5.75. The fourth-order valence-electron chi connectivity index (χ4n) is 2.87. The Morgan fingerprint density at radius 2 is 1.97 bits per heavy atom. The predicted molar refractivity (Wildman–Crippen MR) is 122 cm³/mol. The number of benzene rings is 2. The lowest BCUT2D eigenvalue weighted by atomic mass is 10.2. The van der Waals surface area contributed by atoms with Gasteiger partial charge >= 0.3 is 5.97 Å². The molecular weight excluding hydrogens is 471 g/mol. The molecule has 0 fully saturated rings. The number of anilines is 1. The molecule has 1 aromatic heterocycles. The number of amides is 1. The third-order valence-electron chi connectivity index (χ3n) is 4.52. The van der Waals surface area contributed by atoms with E-state index in [1.807, 2.05) is 0 Å². The molecule has 0 atom stereocenters. The van der Waals surface area contributed by atoms with Gasteiger partial charge in [0.15, 0.2) is 6.61 Å². The summed E-state index contributed by atoms with van der Waals surface area (Å²) in [7, 11) is 1.30. The molecule has 12 heteroatoms. The van der Waals surface area contributed by atoms with Crippen molar-refractivity contribution in [2.45, 2.75) is 6.92 Å². The van der Waals surface area contributed by atoms with Gasteiger partial charge in [0.05, 0.1) is 35.2 Å². The summed E-state index contributed by atoms with van der Waals surface area (Å²) >= 11 is 6.35. The highest BCUT2D eigenvalue weighted by Gasteiger charge is 2.15. The number of non-ortho nitro benzene ring substituents is 1. The van der Waals surface area contributed by atoms with E-state index in [1.165, 1.54) is 54.3 Å². The number of aryl methyl sites for hydroxylation is 1. The number of halogens is 2. The summed E-state index contributed by atoms with van der Waals surface area (Å²) in [5.74, 6) is -1.80. The smallest absolute Gasteiger partial charge is 0.331 e. The van der Waals surface area contributed by atoms with E-state index in [0.717, 1.165) is 12.1 Å². The number of nitro benzene ring substituents is 1. The van der Waals surface area contributed by atoms with Crippen LogP contribution in [-0.2, 0) is 14.3 Å². The highest BCUT2D eigenvalue weighted by atomic mass is 35.5. The lowest BCUT2D eigenvalue weighted by molar-refractivity contribution is -0.384. The Bertz CT molecular complexity index is 1270. The first-order valence-electron chi connectivity index (χ1n) is 9.67. The summed E-state index contributed by atoms with van der Waals surface area (Å²) in [5.41, 5.74) is 1.47. The second-order valence-corrected chi connectivity index (χ2v) is 7.17. The van der Waals surface area contributed by atoms with E-state index in [4.69, 9.17) is 21.1 Å². The highest BCUT2D eigenvalue weighted by molar-refractivity contribution is 6.31. The summed E-state index contributed by atoms with van der Waals surface area (Å²) in [6.45, 7) is 1.08. The first kappa shape index (κ1) is 24.4. The average molecular weight is 489 g/mol. The van der Waals surface area contributed by atoms with Crippen molar-refractivity contribution in [3.05, 3.63) is 80.9 Å². The lowest BCUT2D eigenvalue weighted by Crippen LogP contribution is -2.20. The van der Waals surface area contributed by atoms with Crippen LogP contribution in [-0.4, -0.2) is 40.3 Å². The first-order valence-corrected chi connectivity index (χ1v) is 10.1. The zero-order valence-electron chi connectivity index (χ0n) is 18.0. The number of esters is 1. The standard InChI is InChI=1S/C22H18ClFN4O6/c1-13-17(22(23)27(26-13)15-5-3-14(24)4-6-15)8-10-21(30)34-12-20(29)25-18-9-7-16(28(31)32)11-19(18)33-2/h3-11H,12H2,1-2H3,(H,25,29)/b10-8+. The van der Waals surface area contributed by atoms with Gasteiger partial charge < -0.3 is 14.8 Å². The van der Waals surface area contributed by atoms with Crippen molar-refractivity contribution < 1.29 is 28.4 Å². The van der Waals surface area contributed by atoms with Gasteiger partial charge in [-0.2, -0.15) is 5.10 Å². The second kappa shape index (κ2) is 10.6. The third-order valence-corrected chi connectivity index (χ3v) is 4.88. The minimum atomic E-state index is -0.809. The zero-order chi connectivity index (χ0) is 24.8. The predicted octanol–water partition coefficient (Wildman–Crippen LogP) is 4.09. The minimum Gasteiger partial charge on any atom is -0.494 e. The van der Waals surface area contributed by atoms with Gasteiger partial charge in [-0.25, -0.2) is 13.9 Å². The van der Waals surface area contributed by atoms with Crippen LogP contribution in [0.2, 0.25) is 5.15 Å². The molecule has 2 aromatic carbocycles. The van der Waals surface area contributed by atoms with Crippen molar-refractivity contribution in [1.82, 2.24) is 9.78 Å². The molecule has 0 bridgehead atoms. The van der Waals surface area contributed by atoms with Crippen LogP contribution in [0.3, 0.4) is 0 Å². The van der Waals surface area contributed by atoms with Crippen molar-refractivity contribution >= 4 is 40.9 Å². The number of hydrogen-bond acceptors (Lipinski definition) is 7. The monoisotopic (exact) mass is 488 g/mol. The topological polar surface area (TPSA) is 126 Å². The molecular formula is C22H18ClFN4O6. The zero-order valence-corrected chi connectivity index (χ0v) is 18.7. The maximum atomic E-state index is 13.1. The number of carbonyl (C=O) groups excluding carboxylic acids is 2. The summed E-state index contributed by atoms with van der Waals surface area (Å²) in [5, 5.41) is 17.8. The maximum absolute atomic E-state index is 13.1. The van der Waals surface area contributed by atoms with Crippen molar-refractivity contribution in [2.75, 3.05) is 19.0 Å². The molecule has 1 N–H and O–H groups in total. The van der Waals surface area contributed by atoms with E-state index in [9.17, 15) is 24.1 Å². The van der Waals surface area contributed by atoms with Crippen LogP contribution in [0.1, 0.15) is 11.3 Å². The molecule has 10 nitrogen and oxygen atoms in total. The Labute approximate surface area is 197 Å². The van der Waals surface area contributed by atoms with E-state index < -0.39 is 29.2 Å². The van der Waals surface area contributed by atoms with Crippen LogP contribution < -0.4 is 10.1 Å². The molecule has 0 aliphatic rings. The molecule has 0 radical (unpaired) electrons. The molecule has 1 amide bonds. The number of carbonyl (C=O) groups is 2. The van der Waals surface area contributed by atoms with Crippen LogP contribution in [0.5, 0.6) is 5.75 Å². The minimum absolute atomic E-state index is 0.0806. The second-order valence-electron chi connectivity index (χ2n) is 6.81. The number of methoxy groups -OCH3 is 1. The van der Waals surface area contributed by atoms with E-state index in [2.05, 4.69) is 10.4 Å². The van der Waals surface area contributed by atoms with Gasteiger partial charge in [-0.3, -0.25) is 14.9 Å². The Morgan fingerprint density at radius 1 is 1.26 bits per heavy atom. The molecule has 3 rings (SSSR count). The van der Waals surface area contributed by atoms with Gasteiger partial charge in [0.2, 0.25) is 0 Å². The van der Waals surface area contributed by atoms with Crippen molar-refractivity contribution in [1.29, 1.82) is 0 Å². The van der Waals surface area contributed by atoms with Gasteiger partial charge in [-0.1, -0.05) is 11.6 Å². The SMILES string of the molecule is COc1cc([N+](=O)[O-])ccc1NC(=O)COC(=O)/C=C/c1c(C)nn(-c2ccc(F)cc2)c1Cl. The van der Waals surface area contributed by atoms with Crippen LogP contribution in [0.4, 0.5) is 15.8 Å². The Balaban J connectivity index is 1.61. The Morgan fingerprint density at radius 3 is 2.62 bits per heavy atom. The summed E-state index contributed by atoms with van der Waals surface area (Å²) in [6.07, 6.45) is 2.48. The molecule has 0 aliphatic carbocycles. The number of nitro groups is 1. The average Bonchev–Trinajstić information content (AvgIpc) is 3.10.